The fraction of sp³-hybridized carbons (Fsp3) is 0.0833. The Labute approximate surface area is 179 Å². The molecule has 148 valence electrons. The minimum Gasteiger partial charge on any atom is -0.454 e. The third-order valence-electron chi connectivity index (χ3n) is 4.88. The third kappa shape index (κ3) is 3.80. The van der Waals surface area contributed by atoms with E-state index < -0.39 is 0 Å². The minimum atomic E-state index is 0.265. The quantitative estimate of drug-likeness (QED) is 0.446. The molecule has 0 fully saturated rings. The topological polar surface area (TPSA) is 56.3 Å². The van der Waals surface area contributed by atoms with Crippen LogP contribution in [0.3, 0.4) is 0 Å². The summed E-state index contributed by atoms with van der Waals surface area (Å²) in [5.74, 6) is 2.08. The molecule has 0 aliphatic carbocycles. The van der Waals surface area contributed by atoms with Crippen molar-refractivity contribution in [1.82, 2.24) is 9.97 Å². The fourth-order valence-corrected chi connectivity index (χ4v) is 3.48. The van der Waals surface area contributed by atoms with Gasteiger partial charge in [0.05, 0.1) is 5.69 Å². The number of nitrogens with one attached hydrogen (secondary N) is 1. The van der Waals surface area contributed by atoms with Crippen LogP contribution < -0.4 is 14.8 Å². The maximum Gasteiger partial charge on any atom is 0.231 e. The summed E-state index contributed by atoms with van der Waals surface area (Å²) in [4.78, 5) is 9.36. The molecule has 0 saturated carbocycles. The van der Waals surface area contributed by atoms with Crippen molar-refractivity contribution in [2.24, 2.45) is 0 Å². The number of ether oxygens (including phenoxy) is 2. The summed E-state index contributed by atoms with van der Waals surface area (Å²) in [7, 11) is 0. The highest BCUT2D eigenvalue weighted by molar-refractivity contribution is 6.30. The molecule has 0 radical (unpaired) electrons. The molecule has 0 saturated heterocycles. The van der Waals surface area contributed by atoms with Gasteiger partial charge < -0.3 is 14.8 Å². The number of anilines is 1. The van der Waals surface area contributed by atoms with Crippen molar-refractivity contribution in [2.75, 3.05) is 12.1 Å². The Balaban J connectivity index is 1.46. The number of hydrogen-bond donors (Lipinski definition) is 1. The summed E-state index contributed by atoms with van der Waals surface area (Å²) < 4.78 is 10.8. The number of nitrogens with zero attached hydrogens (tertiary/aromatic N) is 2. The van der Waals surface area contributed by atoms with Crippen LogP contribution in [0.5, 0.6) is 11.5 Å². The van der Waals surface area contributed by atoms with Gasteiger partial charge in [0.1, 0.15) is 0 Å². The van der Waals surface area contributed by atoms with E-state index >= 15 is 0 Å². The van der Waals surface area contributed by atoms with E-state index in [1.54, 1.807) is 0 Å². The molecule has 0 amide bonds. The molecule has 3 aromatic carbocycles. The summed E-state index contributed by atoms with van der Waals surface area (Å²) in [6.07, 6.45) is 1.86. The summed E-state index contributed by atoms with van der Waals surface area (Å²) in [6, 6.07) is 23.7. The Morgan fingerprint density at radius 2 is 1.67 bits per heavy atom. The molecule has 1 N–H and O–H groups in total. The number of fused-ring (bicyclic) bond motifs is 1. The van der Waals surface area contributed by atoms with Gasteiger partial charge in [-0.1, -0.05) is 60.1 Å². The van der Waals surface area contributed by atoms with Crippen molar-refractivity contribution in [3.05, 3.63) is 89.6 Å². The van der Waals surface area contributed by atoms with Crippen LogP contribution in [0.15, 0.2) is 79.0 Å². The third-order valence-corrected chi connectivity index (χ3v) is 5.13. The van der Waals surface area contributed by atoms with Crippen LogP contribution in [0.4, 0.5) is 5.95 Å². The lowest BCUT2D eigenvalue weighted by atomic mass is 10.0. The predicted molar refractivity (Wildman–Crippen MR) is 118 cm³/mol. The van der Waals surface area contributed by atoms with E-state index in [2.05, 4.69) is 22.4 Å². The van der Waals surface area contributed by atoms with Gasteiger partial charge in [-0.15, -0.1) is 0 Å². The van der Waals surface area contributed by atoms with Crippen LogP contribution in [-0.2, 0) is 6.54 Å². The van der Waals surface area contributed by atoms with Gasteiger partial charge in [0.2, 0.25) is 12.7 Å². The first kappa shape index (κ1) is 18.5. The Morgan fingerprint density at radius 1 is 0.867 bits per heavy atom. The van der Waals surface area contributed by atoms with Crippen LogP contribution in [0.25, 0.3) is 22.4 Å². The summed E-state index contributed by atoms with van der Waals surface area (Å²) >= 11 is 6.08. The Kier molecular flexibility index (Phi) is 4.95. The second kappa shape index (κ2) is 8.05. The molecular formula is C24H18ClN3O2. The van der Waals surface area contributed by atoms with E-state index in [9.17, 15) is 0 Å². The molecule has 0 atom stereocenters. The van der Waals surface area contributed by atoms with Gasteiger partial charge >= 0.3 is 0 Å². The molecule has 1 aromatic heterocycles. The number of rotatable bonds is 5. The number of hydrogen-bond acceptors (Lipinski definition) is 5. The van der Waals surface area contributed by atoms with Gasteiger partial charge in [-0.3, -0.25) is 0 Å². The number of benzene rings is 3. The van der Waals surface area contributed by atoms with E-state index in [1.165, 1.54) is 0 Å². The highest BCUT2D eigenvalue weighted by atomic mass is 35.5. The van der Waals surface area contributed by atoms with Gasteiger partial charge in [0.15, 0.2) is 11.5 Å². The van der Waals surface area contributed by atoms with E-state index in [0.717, 1.165) is 39.4 Å². The van der Waals surface area contributed by atoms with E-state index in [4.69, 9.17) is 26.1 Å². The lowest BCUT2D eigenvalue weighted by Gasteiger charge is -2.12. The van der Waals surface area contributed by atoms with Crippen molar-refractivity contribution in [1.29, 1.82) is 0 Å². The van der Waals surface area contributed by atoms with Crippen LogP contribution in [-0.4, -0.2) is 16.8 Å². The SMILES string of the molecule is Clc1ccc(-c2nc(NCc3ccc4c(c3)OCO4)ncc2-c2ccccc2)cc1. The molecule has 4 aromatic rings. The Hall–Kier alpha value is -3.57. The van der Waals surface area contributed by atoms with E-state index in [0.29, 0.717) is 17.5 Å². The normalized spacial score (nSPS) is 12.0. The Bertz CT molecular complexity index is 1180. The fourth-order valence-electron chi connectivity index (χ4n) is 3.36. The maximum atomic E-state index is 6.08. The Morgan fingerprint density at radius 3 is 2.50 bits per heavy atom. The first-order valence-corrected chi connectivity index (χ1v) is 9.95. The first-order valence-electron chi connectivity index (χ1n) is 9.57. The second-order valence-electron chi connectivity index (χ2n) is 6.87. The molecule has 0 unspecified atom stereocenters. The molecule has 0 bridgehead atoms. The minimum absolute atomic E-state index is 0.265. The highest BCUT2D eigenvalue weighted by Crippen LogP contribution is 2.33. The van der Waals surface area contributed by atoms with Crippen LogP contribution in [0.1, 0.15) is 5.56 Å². The smallest absolute Gasteiger partial charge is 0.231 e. The van der Waals surface area contributed by atoms with Gasteiger partial charge in [0.25, 0.3) is 0 Å². The van der Waals surface area contributed by atoms with Crippen LogP contribution in [0, 0.1) is 0 Å². The lowest BCUT2D eigenvalue weighted by Crippen LogP contribution is -2.05. The van der Waals surface area contributed by atoms with E-state index in [1.807, 2.05) is 66.9 Å². The highest BCUT2D eigenvalue weighted by Gasteiger charge is 2.14. The molecule has 1 aliphatic rings. The molecular weight excluding hydrogens is 398 g/mol. The van der Waals surface area contributed by atoms with Gasteiger partial charge in [-0.2, -0.15) is 0 Å². The lowest BCUT2D eigenvalue weighted by molar-refractivity contribution is 0.174. The molecule has 0 spiro atoms. The van der Waals surface area contributed by atoms with Crippen LogP contribution in [0.2, 0.25) is 5.02 Å². The van der Waals surface area contributed by atoms with Gasteiger partial charge in [-0.25, -0.2) is 9.97 Å². The standard InChI is InChI=1S/C24H18ClN3O2/c25-19-9-7-18(8-10-19)23-20(17-4-2-1-3-5-17)14-27-24(28-23)26-13-16-6-11-21-22(12-16)30-15-29-21/h1-12,14H,13,15H2,(H,26,27,28). The van der Waals surface area contributed by atoms with Crippen molar-refractivity contribution < 1.29 is 9.47 Å². The zero-order valence-electron chi connectivity index (χ0n) is 16.0. The predicted octanol–water partition coefficient (Wildman–Crippen LogP) is 5.80. The molecule has 2 heterocycles. The first-order chi connectivity index (χ1) is 14.8. The molecule has 6 heteroatoms. The van der Waals surface area contributed by atoms with Gasteiger partial charge in [-0.05, 0) is 35.4 Å². The average Bonchev–Trinajstić information content (AvgIpc) is 3.27. The zero-order valence-corrected chi connectivity index (χ0v) is 16.8. The molecule has 5 nitrogen and oxygen atoms in total. The molecule has 5 rings (SSSR count). The second-order valence-corrected chi connectivity index (χ2v) is 7.31. The summed E-state index contributed by atoms with van der Waals surface area (Å²) in [5, 5.41) is 4.00. The van der Waals surface area contributed by atoms with Crippen molar-refractivity contribution >= 4 is 17.5 Å². The number of halogens is 1. The van der Waals surface area contributed by atoms with Crippen molar-refractivity contribution in [2.45, 2.75) is 6.54 Å². The van der Waals surface area contributed by atoms with Crippen molar-refractivity contribution in [3.8, 4) is 33.9 Å². The molecule has 30 heavy (non-hydrogen) atoms. The summed E-state index contributed by atoms with van der Waals surface area (Å²) in [6.45, 7) is 0.835. The molecule has 1 aliphatic heterocycles. The maximum absolute atomic E-state index is 6.08. The van der Waals surface area contributed by atoms with E-state index in [-0.39, 0.29) is 6.79 Å². The average molecular weight is 416 g/mol. The monoisotopic (exact) mass is 415 g/mol. The largest absolute Gasteiger partial charge is 0.454 e. The van der Waals surface area contributed by atoms with Crippen LogP contribution >= 0.6 is 11.6 Å². The summed E-state index contributed by atoms with van der Waals surface area (Å²) in [5.41, 5.74) is 4.91. The van der Waals surface area contributed by atoms with Gasteiger partial charge in [0, 0.05) is 28.9 Å². The zero-order chi connectivity index (χ0) is 20.3. The van der Waals surface area contributed by atoms with Crippen molar-refractivity contribution in [3.63, 3.8) is 0 Å². The number of aromatic nitrogens is 2.